The molecule has 1 amide bonds. The second-order valence-corrected chi connectivity index (χ2v) is 7.91. The minimum atomic E-state index is -3.54. The SMILES string of the molecule is Cc1cc(C(=O)N2CCN(S(=O)(=O)c3ccccc3)CC2)ccc1F. The van der Waals surface area contributed by atoms with E-state index in [0.717, 1.165) is 0 Å². The summed E-state index contributed by atoms with van der Waals surface area (Å²) in [5, 5.41) is 0. The van der Waals surface area contributed by atoms with Crippen LogP contribution in [-0.2, 0) is 10.0 Å². The van der Waals surface area contributed by atoms with Crippen molar-refractivity contribution in [3.63, 3.8) is 0 Å². The number of hydrogen-bond acceptors (Lipinski definition) is 3. The highest BCUT2D eigenvalue weighted by Crippen LogP contribution is 2.19. The number of hydrogen-bond donors (Lipinski definition) is 0. The molecule has 0 aromatic heterocycles. The number of rotatable bonds is 3. The predicted octanol–water partition coefficient (Wildman–Crippen LogP) is 2.28. The summed E-state index contributed by atoms with van der Waals surface area (Å²) < 4.78 is 39.9. The van der Waals surface area contributed by atoms with Gasteiger partial charge in [0.15, 0.2) is 0 Å². The van der Waals surface area contributed by atoms with E-state index in [1.807, 2.05) is 0 Å². The van der Waals surface area contributed by atoms with Crippen LogP contribution < -0.4 is 0 Å². The van der Waals surface area contributed by atoms with Gasteiger partial charge in [-0.3, -0.25) is 4.79 Å². The van der Waals surface area contributed by atoms with Crippen molar-refractivity contribution in [2.75, 3.05) is 26.2 Å². The third kappa shape index (κ3) is 3.57. The van der Waals surface area contributed by atoms with Gasteiger partial charge in [0.25, 0.3) is 5.91 Å². The number of sulfonamides is 1. The van der Waals surface area contributed by atoms with Gasteiger partial charge >= 0.3 is 0 Å². The summed E-state index contributed by atoms with van der Waals surface area (Å²) in [6, 6.07) is 12.5. The van der Waals surface area contributed by atoms with Gasteiger partial charge in [-0.1, -0.05) is 18.2 Å². The van der Waals surface area contributed by atoms with E-state index in [0.29, 0.717) is 24.2 Å². The molecular formula is C18H19FN2O3S. The smallest absolute Gasteiger partial charge is 0.253 e. The topological polar surface area (TPSA) is 57.7 Å². The fraction of sp³-hybridized carbons (Fsp3) is 0.278. The van der Waals surface area contributed by atoms with Crippen LogP contribution in [0.25, 0.3) is 0 Å². The summed E-state index contributed by atoms with van der Waals surface area (Å²) in [5.74, 6) is -0.560. The van der Waals surface area contributed by atoms with Crippen LogP contribution in [0.2, 0.25) is 0 Å². The molecule has 0 N–H and O–H groups in total. The second-order valence-electron chi connectivity index (χ2n) is 5.97. The van der Waals surface area contributed by atoms with E-state index >= 15 is 0 Å². The molecule has 2 aromatic rings. The average Bonchev–Trinajstić information content (AvgIpc) is 2.64. The van der Waals surface area contributed by atoms with Gasteiger partial charge in [-0.05, 0) is 42.8 Å². The van der Waals surface area contributed by atoms with Gasteiger partial charge in [0.2, 0.25) is 10.0 Å². The lowest BCUT2D eigenvalue weighted by Gasteiger charge is -2.34. The summed E-state index contributed by atoms with van der Waals surface area (Å²) in [6.07, 6.45) is 0. The minimum Gasteiger partial charge on any atom is -0.336 e. The van der Waals surface area contributed by atoms with Crippen molar-refractivity contribution in [2.24, 2.45) is 0 Å². The molecule has 0 spiro atoms. The quantitative estimate of drug-likeness (QED) is 0.842. The third-order valence-corrected chi connectivity index (χ3v) is 6.22. The fourth-order valence-electron chi connectivity index (χ4n) is 2.83. The van der Waals surface area contributed by atoms with Crippen LogP contribution in [-0.4, -0.2) is 49.7 Å². The number of amides is 1. The number of aryl methyl sites for hydroxylation is 1. The Morgan fingerprint density at radius 2 is 1.64 bits per heavy atom. The molecule has 25 heavy (non-hydrogen) atoms. The van der Waals surface area contributed by atoms with E-state index in [4.69, 9.17) is 0 Å². The lowest BCUT2D eigenvalue weighted by Crippen LogP contribution is -2.50. The van der Waals surface area contributed by atoms with Gasteiger partial charge in [-0.15, -0.1) is 0 Å². The number of halogens is 1. The standard InChI is InChI=1S/C18H19FN2O3S/c1-14-13-15(7-8-17(14)19)18(22)20-9-11-21(12-10-20)25(23,24)16-5-3-2-4-6-16/h2-8,13H,9-12H2,1H3. The molecule has 0 saturated carbocycles. The summed E-state index contributed by atoms with van der Waals surface area (Å²) in [6.45, 7) is 2.70. The molecule has 1 saturated heterocycles. The van der Waals surface area contributed by atoms with E-state index in [1.54, 1.807) is 42.2 Å². The molecule has 1 aliphatic rings. The lowest BCUT2D eigenvalue weighted by atomic mass is 10.1. The molecule has 3 rings (SSSR count). The lowest BCUT2D eigenvalue weighted by molar-refractivity contribution is 0.0697. The molecule has 0 atom stereocenters. The summed E-state index contributed by atoms with van der Waals surface area (Å²) in [7, 11) is -3.54. The first-order valence-corrected chi connectivity index (χ1v) is 9.44. The van der Waals surface area contributed by atoms with Gasteiger partial charge < -0.3 is 4.90 Å². The largest absolute Gasteiger partial charge is 0.336 e. The molecule has 7 heteroatoms. The zero-order chi connectivity index (χ0) is 18.0. The molecule has 0 bridgehead atoms. The molecule has 0 unspecified atom stereocenters. The van der Waals surface area contributed by atoms with E-state index in [9.17, 15) is 17.6 Å². The van der Waals surface area contributed by atoms with Crippen molar-refractivity contribution < 1.29 is 17.6 Å². The first-order valence-electron chi connectivity index (χ1n) is 8.00. The van der Waals surface area contributed by atoms with Crippen molar-refractivity contribution >= 4 is 15.9 Å². The summed E-state index contributed by atoms with van der Waals surface area (Å²) in [5.41, 5.74) is 0.828. The molecule has 5 nitrogen and oxygen atoms in total. The monoisotopic (exact) mass is 362 g/mol. The highest BCUT2D eigenvalue weighted by Gasteiger charge is 2.30. The van der Waals surface area contributed by atoms with Gasteiger partial charge in [0.05, 0.1) is 4.90 Å². The van der Waals surface area contributed by atoms with Crippen LogP contribution in [0.15, 0.2) is 53.4 Å². The fourth-order valence-corrected chi connectivity index (χ4v) is 4.28. The molecule has 1 fully saturated rings. The Bertz CT molecular complexity index is 876. The Labute approximate surface area is 146 Å². The van der Waals surface area contributed by atoms with Gasteiger partial charge in [0.1, 0.15) is 5.82 Å². The molecule has 132 valence electrons. The molecule has 1 aliphatic heterocycles. The Morgan fingerprint density at radius 3 is 2.24 bits per heavy atom. The third-order valence-electron chi connectivity index (χ3n) is 4.31. The first kappa shape index (κ1) is 17.6. The first-order chi connectivity index (χ1) is 11.9. The summed E-state index contributed by atoms with van der Waals surface area (Å²) in [4.78, 5) is 14.4. The zero-order valence-electron chi connectivity index (χ0n) is 13.9. The molecule has 2 aromatic carbocycles. The van der Waals surface area contributed by atoms with Crippen LogP contribution in [0.1, 0.15) is 15.9 Å². The second kappa shape index (κ2) is 6.93. The van der Waals surface area contributed by atoms with Crippen molar-refractivity contribution in [3.8, 4) is 0 Å². The Morgan fingerprint density at radius 1 is 1.00 bits per heavy atom. The predicted molar refractivity (Wildman–Crippen MR) is 92.2 cm³/mol. The van der Waals surface area contributed by atoms with Crippen molar-refractivity contribution in [2.45, 2.75) is 11.8 Å². The highest BCUT2D eigenvalue weighted by atomic mass is 32.2. The number of carbonyl (C=O) groups excluding carboxylic acids is 1. The van der Waals surface area contributed by atoms with Crippen LogP contribution in [0.4, 0.5) is 4.39 Å². The molecular weight excluding hydrogens is 343 g/mol. The van der Waals surface area contributed by atoms with E-state index in [2.05, 4.69) is 0 Å². The Balaban J connectivity index is 1.69. The van der Waals surface area contributed by atoms with E-state index < -0.39 is 10.0 Å². The molecule has 1 heterocycles. The Hall–Kier alpha value is -2.25. The van der Waals surface area contributed by atoms with E-state index in [1.165, 1.54) is 22.5 Å². The van der Waals surface area contributed by atoms with Crippen LogP contribution in [0, 0.1) is 12.7 Å². The maximum Gasteiger partial charge on any atom is 0.253 e. The minimum absolute atomic E-state index is 0.208. The molecule has 0 radical (unpaired) electrons. The number of piperazine rings is 1. The average molecular weight is 362 g/mol. The maximum absolute atomic E-state index is 13.3. The maximum atomic E-state index is 13.3. The van der Waals surface area contributed by atoms with Crippen LogP contribution in [0.3, 0.4) is 0 Å². The van der Waals surface area contributed by atoms with Crippen molar-refractivity contribution in [1.82, 2.24) is 9.21 Å². The normalized spacial score (nSPS) is 16.0. The highest BCUT2D eigenvalue weighted by molar-refractivity contribution is 7.89. The van der Waals surface area contributed by atoms with Crippen LogP contribution in [0.5, 0.6) is 0 Å². The Kier molecular flexibility index (Phi) is 4.87. The van der Waals surface area contributed by atoms with Gasteiger partial charge in [0, 0.05) is 31.7 Å². The van der Waals surface area contributed by atoms with Crippen molar-refractivity contribution in [3.05, 3.63) is 65.5 Å². The summed E-state index contributed by atoms with van der Waals surface area (Å²) >= 11 is 0. The number of carbonyl (C=O) groups is 1. The zero-order valence-corrected chi connectivity index (χ0v) is 14.7. The van der Waals surface area contributed by atoms with Gasteiger partial charge in [-0.2, -0.15) is 4.31 Å². The van der Waals surface area contributed by atoms with E-state index in [-0.39, 0.29) is 29.7 Å². The van der Waals surface area contributed by atoms with Crippen LogP contribution >= 0.6 is 0 Å². The number of benzene rings is 2. The van der Waals surface area contributed by atoms with Crippen molar-refractivity contribution in [1.29, 1.82) is 0 Å². The molecule has 0 aliphatic carbocycles. The number of nitrogens with zero attached hydrogens (tertiary/aromatic N) is 2. The van der Waals surface area contributed by atoms with Gasteiger partial charge in [-0.25, -0.2) is 12.8 Å².